The van der Waals surface area contributed by atoms with Crippen molar-refractivity contribution in [3.05, 3.63) is 29.8 Å². The Labute approximate surface area is 132 Å². The Morgan fingerprint density at radius 1 is 1.32 bits per heavy atom. The summed E-state index contributed by atoms with van der Waals surface area (Å²) in [6.45, 7) is 6.13. The highest BCUT2D eigenvalue weighted by Crippen LogP contribution is 2.24. The minimum Gasteiger partial charge on any atom is -0.376 e. The van der Waals surface area contributed by atoms with Gasteiger partial charge in [-0.15, -0.1) is 0 Å². The van der Waals surface area contributed by atoms with E-state index in [1.54, 1.807) is 6.92 Å². The van der Waals surface area contributed by atoms with Crippen LogP contribution in [0.5, 0.6) is 0 Å². The van der Waals surface area contributed by atoms with Crippen molar-refractivity contribution in [3.8, 4) is 0 Å². The first-order valence-corrected chi connectivity index (χ1v) is 9.37. The SMILES string of the molecule is CC(C)c1ccccc1NCC(=O)NC1(C)CCS(=O)(=O)C1. The van der Waals surface area contributed by atoms with Gasteiger partial charge in [-0.3, -0.25) is 4.79 Å². The number of carbonyl (C=O) groups excluding carboxylic acids is 1. The van der Waals surface area contributed by atoms with E-state index in [4.69, 9.17) is 0 Å². The van der Waals surface area contributed by atoms with Gasteiger partial charge in [-0.2, -0.15) is 0 Å². The average Bonchev–Trinajstić information content (AvgIpc) is 2.70. The quantitative estimate of drug-likeness (QED) is 0.867. The number of hydrogen-bond donors (Lipinski definition) is 2. The molecular formula is C16H24N2O3S. The summed E-state index contributed by atoms with van der Waals surface area (Å²) in [6.07, 6.45) is 0.476. The van der Waals surface area contributed by atoms with Crippen LogP contribution >= 0.6 is 0 Å². The molecule has 2 rings (SSSR count). The maximum absolute atomic E-state index is 12.1. The van der Waals surface area contributed by atoms with Crippen LogP contribution in [0.15, 0.2) is 24.3 Å². The molecule has 1 aliphatic heterocycles. The smallest absolute Gasteiger partial charge is 0.239 e. The molecule has 2 N–H and O–H groups in total. The van der Waals surface area contributed by atoms with Crippen molar-refractivity contribution in [3.63, 3.8) is 0 Å². The van der Waals surface area contributed by atoms with E-state index in [0.29, 0.717) is 12.3 Å². The van der Waals surface area contributed by atoms with Crippen molar-refractivity contribution < 1.29 is 13.2 Å². The van der Waals surface area contributed by atoms with Crippen molar-refractivity contribution in [1.29, 1.82) is 0 Å². The van der Waals surface area contributed by atoms with E-state index in [2.05, 4.69) is 24.5 Å². The van der Waals surface area contributed by atoms with Gasteiger partial charge in [-0.05, 0) is 30.9 Å². The van der Waals surface area contributed by atoms with Crippen LogP contribution in [0.3, 0.4) is 0 Å². The van der Waals surface area contributed by atoms with Crippen molar-refractivity contribution >= 4 is 21.4 Å². The highest BCUT2D eigenvalue weighted by Gasteiger charge is 2.39. The molecule has 1 atom stereocenters. The van der Waals surface area contributed by atoms with E-state index in [1.807, 2.05) is 24.3 Å². The molecule has 0 spiro atoms. The van der Waals surface area contributed by atoms with Gasteiger partial charge in [0.05, 0.1) is 23.6 Å². The second-order valence-corrected chi connectivity index (χ2v) is 8.73. The van der Waals surface area contributed by atoms with Crippen LogP contribution in [-0.2, 0) is 14.6 Å². The Hall–Kier alpha value is -1.56. The number of amides is 1. The normalized spacial score (nSPS) is 23.5. The lowest BCUT2D eigenvalue weighted by atomic mass is 10.0. The molecule has 1 aromatic carbocycles. The molecule has 1 saturated heterocycles. The summed E-state index contributed by atoms with van der Waals surface area (Å²) < 4.78 is 23.1. The molecule has 1 amide bonds. The maximum atomic E-state index is 12.1. The summed E-state index contributed by atoms with van der Waals surface area (Å²) in [5.74, 6) is 0.351. The summed E-state index contributed by atoms with van der Waals surface area (Å²) in [5, 5.41) is 5.99. The van der Waals surface area contributed by atoms with Gasteiger partial charge in [0.15, 0.2) is 9.84 Å². The molecule has 1 aromatic rings. The summed E-state index contributed by atoms with van der Waals surface area (Å²) >= 11 is 0. The van der Waals surface area contributed by atoms with E-state index < -0.39 is 15.4 Å². The monoisotopic (exact) mass is 324 g/mol. The minimum absolute atomic E-state index is 0.0221. The molecule has 1 unspecified atom stereocenters. The zero-order chi connectivity index (χ0) is 16.4. The standard InChI is InChI=1S/C16H24N2O3S/c1-12(2)13-6-4-5-7-14(13)17-10-15(19)18-16(3)8-9-22(20,21)11-16/h4-7,12,17H,8-11H2,1-3H3,(H,18,19). The van der Waals surface area contributed by atoms with Crippen molar-refractivity contribution in [2.45, 2.75) is 38.6 Å². The first-order valence-electron chi connectivity index (χ1n) is 7.55. The lowest BCUT2D eigenvalue weighted by Crippen LogP contribution is -2.48. The zero-order valence-corrected chi connectivity index (χ0v) is 14.2. The minimum atomic E-state index is -3.02. The Bertz CT molecular complexity index is 655. The van der Waals surface area contributed by atoms with E-state index in [0.717, 1.165) is 11.3 Å². The zero-order valence-electron chi connectivity index (χ0n) is 13.3. The Morgan fingerprint density at radius 2 is 2.00 bits per heavy atom. The van der Waals surface area contributed by atoms with Crippen LogP contribution in [0.4, 0.5) is 5.69 Å². The fraction of sp³-hybridized carbons (Fsp3) is 0.562. The number of nitrogens with one attached hydrogen (secondary N) is 2. The molecule has 5 nitrogen and oxygen atoms in total. The summed E-state index contributed by atoms with van der Waals surface area (Å²) in [4.78, 5) is 12.1. The molecule has 22 heavy (non-hydrogen) atoms. The Kier molecular flexibility index (Phi) is 4.80. The third-order valence-corrected chi connectivity index (χ3v) is 5.87. The second kappa shape index (κ2) is 6.28. The van der Waals surface area contributed by atoms with E-state index in [9.17, 15) is 13.2 Å². The van der Waals surface area contributed by atoms with Crippen molar-refractivity contribution in [2.75, 3.05) is 23.4 Å². The van der Waals surface area contributed by atoms with Gasteiger partial charge in [0.2, 0.25) is 5.91 Å². The van der Waals surface area contributed by atoms with Crippen molar-refractivity contribution in [2.24, 2.45) is 0 Å². The molecule has 0 bridgehead atoms. The number of hydrogen-bond acceptors (Lipinski definition) is 4. The van der Waals surface area contributed by atoms with Crippen LogP contribution in [-0.4, -0.2) is 37.9 Å². The summed E-state index contributed by atoms with van der Waals surface area (Å²) in [6, 6.07) is 7.89. The molecule has 0 aromatic heterocycles. The van der Waals surface area contributed by atoms with Gasteiger partial charge >= 0.3 is 0 Å². The third-order valence-electron chi connectivity index (χ3n) is 3.97. The molecular weight excluding hydrogens is 300 g/mol. The highest BCUT2D eigenvalue weighted by molar-refractivity contribution is 7.91. The van der Waals surface area contributed by atoms with Gasteiger partial charge in [0, 0.05) is 5.69 Å². The van der Waals surface area contributed by atoms with Gasteiger partial charge in [-0.25, -0.2) is 8.42 Å². The summed E-state index contributed by atoms with van der Waals surface area (Å²) in [7, 11) is -3.02. The number of benzene rings is 1. The fourth-order valence-electron chi connectivity index (χ4n) is 2.83. The van der Waals surface area contributed by atoms with E-state index in [-0.39, 0.29) is 24.0 Å². The number of rotatable bonds is 5. The van der Waals surface area contributed by atoms with Crippen LogP contribution in [0, 0.1) is 0 Å². The molecule has 0 radical (unpaired) electrons. The molecule has 1 fully saturated rings. The largest absolute Gasteiger partial charge is 0.376 e. The first-order chi connectivity index (χ1) is 10.2. The predicted octanol–water partition coefficient (Wildman–Crippen LogP) is 1.92. The molecule has 1 heterocycles. The Balaban J connectivity index is 1.94. The van der Waals surface area contributed by atoms with Gasteiger partial charge < -0.3 is 10.6 Å². The lowest BCUT2D eigenvalue weighted by Gasteiger charge is -2.24. The van der Waals surface area contributed by atoms with Crippen LogP contribution in [0.1, 0.15) is 38.7 Å². The van der Waals surface area contributed by atoms with E-state index in [1.165, 1.54) is 0 Å². The number of carbonyl (C=O) groups is 1. The van der Waals surface area contributed by atoms with Gasteiger partial charge in [0.1, 0.15) is 0 Å². The lowest BCUT2D eigenvalue weighted by molar-refractivity contribution is -0.120. The number of para-hydroxylation sites is 1. The molecule has 0 aliphatic carbocycles. The number of anilines is 1. The molecule has 122 valence electrons. The van der Waals surface area contributed by atoms with Crippen LogP contribution in [0.2, 0.25) is 0 Å². The van der Waals surface area contributed by atoms with Gasteiger partial charge in [-0.1, -0.05) is 32.0 Å². The molecule has 1 aliphatic rings. The maximum Gasteiger partial charge on any atom is 0.239 e. The van der Waals surface area contributed by atoms with Crippen LogP contribution < -0.4 is 10.6 Å². The highest BCUT2D eigenvalue weighted by atomic mass is 32.2. The molecule has 6 heteroatoms. The summed E-state index contributed by atoms with van der Waals surface area (Å²) in [5.41, 5.74) is 1.46. The third kappa shape index (κ3) is 4.22. The topological polar surface area (TPSA) is 75.3 Å². The molecule has 0 saturated carbocycles. The number of sulfone groups is 1. The van der Waals surface area contributed by atoms with E-state index >= 15 is 0 Å². The van der Waals surface area contributed by atoms with Gasteiger partial charge in [0.25, 0.3) is 0 Å². The van der Waals surface area contributed by atoms with Crippen LogP contribution in [0.25, 0.3) is 0 Å². The average molecular weight is 324 g/mol. The first kappa shape index (κ1) is 16.8. The second-order valence-electron chi connectivity index (χ2n) is 6.55. The predicted molar refractivity (Wildman–Crippen MR) is 88.8 cm³/mol. The Morgan fingerprint density at radius 3 is 2.59 bits per heavy atom. The fourth-order valence-corrected chi connectivity index (χ4v) is 4.92. The van der Waals surface area contributed by atoms with Crippen molar-refractivity contribution in [1.82, 2.24) is 5.32 Å².